The molecule has 0 spiro atoms. The molecule has 0 aliphatic heterocycles. The van der Waals surface area contributed by atoms with Crippen LogP contribution in [0.1, 0.15) is 0 Å². The number of isocyanates is 1. The van der Waals surface area contributed by atoms with Gasteiger partial charge in [0.25, 0.3) is 0 Å². The van der Waals surface area contributed by atoms with E-state index in [-0.39, 0.29) is 5.91 Å². The molecular weight excluding hydrogens is 144 g/mol. The molecule has 0 aromatic rings. The van der Waals surface area contributed by atoms with Gasteiger partial charge in [-0.15, -0.1) is 0 Å². The highest BCUT2D eigenvalue weighted by Crippen LogP contribution is 1.84. The first-order valence-corrected chi connectivity index (χ1v) is 3.13. The van der Waals surface area contributed by atoms with Gasteiger partial charge in [0, 0.05) is 13.6 Å². The molecule has 0 unspecified atom stereocenters. The number of hydrogen-bond donors (Lipinski definition) is 0. The summed E-state index contributed by atoms with van der Waals surface area (Å²) in [6.07, 6.45) is 2.60. The van der Waals surface area contributed by atoms with Crippen LogP contribution in [0.15, 0.2) is 17.6 Å². The van der Waals surface area contributed by atoms with Crippen molar-refractivity contribution in [2.24, 2.45) is 4.99 Å². The Bertz CT molecular complexity index is 195. The standard InChI is InChI=1S/C7H10N2O2/c1-3-7(11)9(2)5-4-8-6-10/h3H,1,4-5H2,2H3. The third kappa shape index (κ3) is 4.06. The Balaban J connectivity index is 3.68. The molecule has 0 atom stereocenters. The predicted molar refractivity (Wildman–Crippen MR) is 40.8 cm³/mol. The van der Waals surface area contributed by atoms with Gasteiger partial charge in [-0.1, -0.05) is 6.58 Å². The Hall–Kier alpha value is -1.41. The van der Waals surface area contributed by atoms with Crippen LogP contribution < -0.4 is 0 Å². The highest BCUT2D eigenvalue weighted by Gasteiger charge is 2.00. The predicted octanol–water partition coefficient (Wildman–Crippen LogP) is -0.0334. The number of carbonyl (C=O) groups excluding carboxylic acids is 2. The summed E-state index contributed by atoms with van der Waals surface area (Å²) in [5.41, 5.74) is 0. The van der Waals surface area contributed by atoms with Crippen molar-refractivity contribution < 1.29 is 9.59 Å². The van der Waals surface area contributed by atoms with E-state index in [9.17, 15) is 9.59 Å². The minimum atomic E-state index is -0.175. The van der Waals surface area contributed by atoms with Crippen molar-refractivity contribution in [3.63, 3.8) is 0 Å². The quantitative estimate of drug-likeness (QED) is 0.324. The minimum Gasteiger partial charge on any atom is -0.340 e. The van der Waals surface area contributed by atoms with E-state index in [1.807, 2.05) is 0 Å². The van der Waals surface area contributed by atoms with E-state index in [1.54, 1.807) is 7.05 Å². The topological polar surface area (TPSA) is 49.7 Å². The Kier molecular flexibility index (Phi) is 4.69. The minimum absolute atomic E-state index is 0.175. The molecule has 0 aromatic carbocycles. The lowest BCUT2D eigenvalue weighted by molar-refractivity contribution is -0.124. The highest BCUT2D eigenvalue weighted by molar-refractivity contribution is 5.86. The summed E-state index contributed by atoms with van der Waals surface area (Å²) in [7, 11) is 1.62. The zero-order valence-electron chi connectivity index (χ0n) is 6.41. The second-order valence-electron chi connectivity index (χ2n) is 1.94. The van der Waals surface area contributed by atoms with Gasteiger partial charge in [0.15, 0.2) is 0 Å². The summed E-state index contributed by atoms with van der Waals surface area (Å²) in [6, 6.07) is 0. The van der Waals surface area contributed by atoms with E-state index in [0.717, 1.165) is 0 Å². The van der Waals surface area contributed by atoms with E-state index in [4.69, 9.17) is 0 Å². The van der Waals surface area contributed by atoms with Crippen LogP contribution in [0.2, 0.25) is 0 Å². The Morgan fingerprint density at radius 3 is 2.91 bits per heavy atom. The number of hydrogen-bond acceptors (Lipinski definition) is 3. The molecule has 0 saturated heterocycles. The van der Waals surface area contributed by atoms with Crippen molar-refractivity contribution >= 4 is 12.0 Å². The molecule has 0 bridgehead atoms. The molecule has 11 heavy (non-hydrogen) atoms. The van der Waals surface area contributed by atoms with Gasteiger partial charge in [-0.2, -0.15) is 0 Å². The second kappa shape index (κ2) is 5.38. The molecule has 4 heteroatoms. The van der Waals surface area contributed by atoms with Crippen molar-refractivity contribution in [1.29, 1.82) is 0 Å². The van der Waals surface area contributed by atoms with Crippen molar-refractivity contribution in [2.75, 3.05) is 20.1 Å². The van der Waals surface area contributed by atoms with Crippen LogP contribution in [-0.4, -0.2) is 37.0 Å². The maximum Gasteiger partial charge on any atom is 0.245 e. The fourth-order valence-electron chi connectivity index (χ4n) is 0.512. The van der Waals surface area contributed by atoms with Crippen molar-refractivity contribution in [3.05, 3.63) is 12.7 Å². The molecule has 0 N–H and O–H groups in total. The van der Waals surface area contributed by atoms with Crippen LogP contribution in [0.5, 0.6) is 0 Å². The van der Waals surface area contributed by atoms with Gasteiger partial charge >= 0.3 is 0 Å². The molecule has 1 amide bonds. The molecule has 0 fully saturated rings. The van der Waals surface area contributed by atoms with Gasteiger partial charge < -0.3 is 4.90 Å². The summed E-state index contributed by atoms with van der Waals surface area (Å²) >= 11 is 0. The Morgan fingerprint density at radius 2 is 2.45 bits per heavy atom. The fourth-order valence-corrected chi connectivity index (χ4v) is 0.512. The molecule has 0 radical (unpaired) electrons. The van der Waals surface area contributed by atoms with Crippen LogP contribution in [0.4, 0.5) is 0 Å². The molecule has 0 heterocycles. The van der Waals surface area contributed by atoms with Gasteiger partial charge in [0.2, 0.25) is 12.0 Å². The summed E-state index contributed by atoms with van der Waals surface area (Å²) in [4.78, 5) is 25.1. The number of rotatable bonds is 4. The first-order valence-electron chi connectivity index (χ1n) is 3.13. The largest absolute Gasteiger partial charge is 0.340 e. The number of likely N-dealkylation sites (N-methyl/N-ethyl adjacent to an activating group) is 1. The zero-order chi connectivity index (χ0) is 8.69. The van der Waals surface area contributed by atoms with Gasteiger partial charge in [-0.3, -0.25) is 4.79 Å². The lowest BCUT2D eigenvalue weighted by Crippen LogP contribution is -2.27. The van der Waals surface area contributed by atoms with E-state index in [0.29, 0.717) is 13.1 Å². The third-order valence-electron chi connectivity index (χ3n) is 1.16. The van der Waals surface area contributed by atoms with Crippen molar-refractivity contribution in [3.8, 4) is 0 Å². The van der Waals surface area contributed by atoms with Gasteiger partial charge in [0.1, 0.15) is 0 Å². The van der Waals surface area contributed by atoms with Crippen molar-refractivity contribution in [1.82, 2.24) is 4.90 Å². The Labute approximate surface area is 65.2 Å². The van der Waals surface area contributed by atoms with E-state index in [1.165, 1.54) is 17.1 Å². The summed E-state index contributed by atoms with van der Waals surface area (Å²) in [5, 5.41) is 0. The first-order chi connectivity index (χ1) is 5.22. The van der Waals surface area contributed by atoms with Gasteiger partial charge in [-0.05, 0) is 6.08 Å². The molecule has 0 saturated carbocycles. The lowest BCUT2D eigenvalue weighted by atomic mass is 10.5. The molecular formula is C7H10N2O2. The maximum absolute atomic E-state index is 10.8. The third-order valence-corrected chi connectivity index (χ3v) is 1.16. The zero-order valence-corrected chi connectivity index (χ0v) is 6.41. The van der Waals surface area contributed by atoms with Crippen LogP contribution >= 0.6 is 0 Å². The lowest BCUT2D eigenvalue weighted by Gasteiger charge is -2.11. The van der Waals surface area contributed by atoms with Gasteiger partial charge in [0.05, 0.1) is 6.54 Å². The van der Waals surface area contributed by atoms with E-state index >= 15 is 0 Å². The number of carbonyl (C=O) groups is 1. The van der Waals surface area contributed by atoms with Crippen LogP contribution in [0, 0.1) is 0 Å². The number of aliphatic imine (C=N–C) groups is 1. The molecule has 4 nitrogen and oxygen atoms in total. The molecule has 60 valence electrons. The van der Waals surface area contributed by atoms with E-state index < -0.39 is 0 Å². The van der Waals surface area contributed by atoms with Crippen LogP contribution in [0.25, 0.3) is 0 Å². The monoisotopic (exact) mass is 154 g/mol. The van der Waals surface area contributed by atoms with Crippen LogP contribution in [0.3, 0.4) is 0 Å². The summed E-state index contributed by atoms with van der Waals surface area (Å²) in [5.74, 6) is -0.175. The van der Waals surface area contributed by atoms with Crippen molar-refractivity contribution in [2.45, 2.75) is 0 Å². The molecule has 0 aromatic heterocycles. The number of amides is 1. The van der Waals surface area contributed by atoms with E-state index in [2.05, 4.69) is 11.6 Å². The highest BCUT2D eigenvalue weighted by atomic mass is 16.2. The van der Waals surface area contributed by atoms with Gasteiger partial charge in [-0.25, -0.2) is 9.79 Å². The number of nitrogens with zero attached hydrogens (tertiary/aromatic N) is 2. The normalized spacial score (nSPS) is 8.09. The average molecular weight is 154 g/mol. The average Bonchev–Trinajstić information content (AvgIpc) is 2.03. The first kappa shape index (κ1) is 9.59. The molecule has 0 aliphatic carbocycles. The molecule has 0 aliphatic rings. The summed E-state index contributed by atoms with van der Waals surface area (Å²) < 4.78 is 0. The molecule has 0 rings (SSSR count). The smallest absolute Gasteiger partial charge is 0.245 e. The van der Waals surface area contributed by atoms with Crippen LogP contribution in [-0.2, 0) is 9.59 Å². The SMILES string of the molecule is C=CC(=O)N(C)CCN=C=O. The maximum atomic E-state index is 10.8. The second-order valence-corrected chi connectivity index (χ2v) is 1.94. The Morgan fingerprint density at radius 1 is 1.82 bits per heavy atom. The summed E-state index contributed by atoms with van der Waals surface area (Å²) in [6.45, 7) is 4.02. The fraction of sp³-hybridized carbons (Fsp3) is 0.429.